The normalized spacial score (nSPS) is 24.9. The third-order valence-corrected chi connectivity index (χ3v) is 3.94. The highest BCUT2D eigenvalue weighted by molar-refractivity contribution is 5.62. The molecule has 1 aliphatic heterocycles. The van der Waals surface area contributed by atoms with Crippen LogP contribution in [0.4, 0.5) is 0 Å². The highest BCUT2D eigenvalue weighted by Crippen LogP contribution is 2.32. The van der Waals surface area contributed by atoms with E-state index < -0.39 is 0 Å². The molecule has 0 spiro atoms. The average Bonchev–Trinajstić information content (AvgIpc) is 2.51. The van der Waals surface area contributed by atoms with Gasteiger partial charge in [-0.15, -0.1) is 0 Å². The quantitative estimate of drug-likeness (QED) is 0.837. The van der Waals surface area contributed by atoms with Crippen molar-refractivity contribution < 1.29 is 4.79 Å². The molecule has 20 heavy (non-hydrogen) atoms. The lowest BCUT2D eigenvalue weighted by atomic mass is 9.85. The van der Waals surface area contributed by atoms with E-state index >= 15 is 0 Å². The van der Waals surface area contributed by atoms with Gasteiger partial charge in [-0.2, -0.15) is 0 Å². The minimum atomic E-state index is -0.321. The summed E-state index contributed by atoms with van der Waals surface area (Å²) >= 11 is 0. The summed E-state index contributed by atoms with van der Waals surface area (Å²) in [5.41, 5.74) is 9.68. The molecule has 2 aromatic carbocycles. The van der Waals surface area contributed by atoms with Crippen LogP contribution in [0.1, 0.15) is 28.8 Å². The van der Waals surface area contributed by atoms with Crippen LogP contribution in [0.2, 0.25) is 0 Å². The van der Waals surface area contributed by atoms with Crippen molar-refractivity contribution in [3.63, 3.8) is 0 Å². The molecular weight excluding hydrogens is 248 g/mol. The molecule has 3 N–H and O–H groups in total. The fourth-order valence-corrected chi connectivity index (χ4v) is 2.89. The van der Waals surface area contributed by atoms with E-state index in [0.29, 0.717) is 0 Å². The maximum Gasteiger partial charge on any atom is 0.138 e. The number of hydrogen-bond acceptors (Lipinski definition) is 3. The van der Waals surface area contributed by atoms with Gasteiger partial charge in [0.1, 0.15) is 6.29 Å². The molecule has 0 amide bonds. The lowest BCUT2D eigenvalue weighted by Gasteiger charge is -2.35. The monoisotopic (exact) mass is 266 g/mol. The van der Waals surface area contributed by atoms with Gasteiger partial charge in [0.05, 0.1) is 12.1 Å². The Balaban J connectivity index is 1.94. The van der Waals surface area contributed by atoms with Crippen LogP contribution in [0.15, 0.2) is 54.6 Å². The van der Waals surface area contributed by atoms with Crippen molar-refractivity contribution in [1.82, 2.24) is 5.32 Å². The molecule has 0 aliphatic carbocycles. The molecule has 0 bridgehead atoms. The average molecular weight is 266 g/mol. The van der Waals surface area contributed by atoms with Crippen LogP contribution >= 0.6 is 0 Å². The summed E-state index contributed by atoms with van der Waals surface area (Å²) < 4.78 is 0. The third kappa shape index (κ3) is 2.38. The van der Waals surface area contributed by atoms with Crippen molar-refractivity contribution in [2.75, 3.05) is 0 Å². The first-order valence-electron chi connectivity index (χ1n) is 6.89. The fraction of sp³-hybridized carbons (Fsp3) is 0.235. The Hall–Kier alpha value is -1.97. The van der Waals surface area contributed by atoms with Crippen LogP contribution in [0.25, 0.3) is 0 Å². The number of carbonyl (C=O) groups excluding carboxylic acids is 1. The summed E-state index contributed by atoms with van der Waals surface area (Å²) in [6, 6.07) is 17.9. The van der Waals surface area contributed by atoms with Crippen molar-refractivity contribution >= 4 is 6.29 Å². The van der Waals surface area contributed by atoms with Crippen LogP contribution in [-0.2, 0) is 11.2 Å². The number of carbonyl (C=O) groups is 1. The number of benzene rings is 2. The number of fused-ring (bicyclic) bond motifs is 1. The number of nitrogens with two attached hydrogens (primary N) is 1. The summed E-state index contributed by atoms with van der Waals surface area (Å²) in [7, 11) is 0. The van der Waals surface area contributed by atoms with Gasteiger partial charge in [0.15, 0.2) is 0 Å². The van der Waals surface area contributed by atoms with Crippen LogP contribution < -0.4 is 11.1 Å². The van der Waals surface area contributed by atoms with Gasteiger partial charge in [-0.1, -0.05) is 54.6 Å². The summed E-state index contributed by atoms with van der Waals surface area (Å²) in [6.45, 7) is 0. The Morgan fingerprint density at radius 2 is 1.65 bits per heavy atom. The maximum atomic E-state index is 11.2. The first-order chi connectivity index (χ1) is 9.79. The SMILES string of the molecule is NC1c2ccccc2C(Cc2ccccc2)NC1C=O. The van der Waals surface area contributed by atoms with Gasteiger partial charge in [-0.05, 0) is 23.1 Å². The van der Waals surface area contributed by atoms with Gasteiger partial charge in [-0.3, -0.25) is 5.32 Å². The predicted octanol–water partition coefficient (Wildman–Crippen LogP) is 2.14. The van der Waals surface area contributed by atoms with Gasteiger partial charge >= 0.3 is 0 Å². The lowest BCUT2D eigenvalue weighted by Crippen LogP contribution is -2.47. The van der Waals surface area contributed by atoms with E-state index in [1.165, 1.54) is 11.1 Å². The molecule has 0 saturated carbocycles. The second kappa shape index (κ2) is 5.57. The zero-order valence-corrected chi connectivity index (χ0v) is 11.2. The molecular formula is C17H18N2O. The van der Waals surface area contributed by atoms with E-state index in [0.717, 1.165) is 18.3 Å². The van der Waals surface area contributed by atoms with Gasteiger partial charge in [-0.25, -0.2) is 0 Å². The van der Waals surface area contributed by atoms with Crippen molar-refractivity contribution in [3.8, 4) is 0 Å². The zero-order valence-electron chi connectivity index (χ0n) is 11.2. The molecule has 1 aliphatic rings. The van der Waals surface area contributed by atoms with E-state index in [4.69, 9.17) is 5.73 Å². The standard InChI is InChI=1S/C17H18N2O/c18-17-14-9-5-4-8-13(14)15(19-16(17)11-20)10-12-6-2-1-3-7-12/h1-9,11,15-17,19H,10,18H2. The van der Waals surface area contributed by atoms with Gasteiger partial charge in [0.25, 0.3) is 0 Å². The summed E-state index contributed by atoms with van der Waals surface area (Å²) in [4.78, 5) is 11.2. The molecule has 2 aromatic rings. The Kier molecular flexibility index (Phi) is 3.63. The predicted molar refractivity (Wildman–Crippen MR) is 79.2 cm³/mol. The molecule has 0 fully saturated rings. The van der Waals surface area contributed by atoms with E-state index in [1.807, 2.05) is 36.4 Å². The van der Waals surface area contributed by atoms with E-state index in [2.05, 4.69) is 23.5 Å². The maximum absolute atomic E-state index is 11.2. The van der Waals surface area contributed by atoms with E-state index in [-0.39, 0.29) is 18.1 Å². The first-order valence-corrected chi connectivity index (χ1v) is 6.89. The lowest BCUT2D eigenvalue weighted by molar-refractivity contribution is -0.110. The van der Waals surface area contributed by atoms with Crippen LogP contribution in [0.5, 0.6) is 0 Å². The molecule has 0 radical (unpaired) electrons. The Labute approximate surface area is 118 Å². The minimum Gasteiger partial charge on any atom is -0.322 e. The van der Waals surface area contributed by atoms with Crippen LogP contribution in [-0.4, -0.2) is 12.3 Å². The second-order valence-electron chi connectivity index (χ2n) is 5.23. The van der Waals surface area contributed by atoms with Gasteiger partial charge in [0.2, 0.25) is 0 Å². The Morgan fingerprint density at radius 1 is 1.00 bits per heavy atom. The van der Waals surface area contributed by atoms with E-state index in [1.54, 1.807) is 0 Å². The smallest absolute Gasteiger partial charge is 0.138 e. The molecule has 102 valence electrons. The summed E-state index contributed by atoms with van der Waals surface area (Å²) in [5.74, 6) is 0. The molecule has 3 heteroatoms. The molecule has 0 saturated heterocycles. The number of hydrogen-bond donors (Lipinski definition) is 2. The van der Waals surface area contributed by atoms with Crippen molar-refractivity contribution in [2.24, 2.45) is 5.73 Å². The zero-order chi connectivity index (χ0) is 13.9. The molecule has 0 aromatic heterocycles. The Morgan fingerprint density at radius 3 is 2.35 bits per heavy atom. The van der Waals surface area contributed by atoms with Crippen molar-refractivity contribution in [2.45, 2.75) is 24.5 Å². The highest BCUT2D eigenvalue weighted by atomic mass is 16.1. The molecule has 3 unspecified atom stereocenters. The largest absolute Gasteiger partial charge is 0.322 e. The number of aldehydes is 1. The number of nitrogens with one attached hydrogen (secondary N) is 1. The number of rotatable bonds is 3. The van der Waals surface area contributed by atoms with Gasteiger partial charge < -0.3 is 10.5 Å². The topological polar surface area (TPSA) is 55.1 Å². The molecule has 3 rings (SSSR count). The highest BCUT2D eigenvalue weighted by Gasteiger charge is 2.31. The van der Waals surface area contributed by atoms with Crippen LogP contribution in [0.3, 0.4) is 0 Å². The molecule has 3 nitrogen and oxygen atoms in total. The fourth-order valence-electron chi connectivity index (χ4n) is 2.89. The van der Waals surface area contributed by atoms with E-state index in [9.17, 15) is 4.79 Å². The summed E-state index contributed by atoms with van der Waals surface area (Å²) in [5, 5.41) is 3.36. The molecule has 1 heterocycles. The Bertz CT molecular complexity index is 597. The molecule has 3 atom stereocenters. The van der Waals surface area contributed by atoms with Crippen molar-refractivity contribution in [1.29, 1.82) is 0 Å². The summed E-state index contributed by atoms with van der Waals surface area (Å²) in [6.07, 6.45) is 1.77. The van der Waals surface area contributed by atoms with Gasteiger partial charge in [0, 0.05) is 6.04 Å². The first kappa shape index (κ1) is 13.0. The second-order valence-corrected chi connectivity index (χ2v) is 5.23. The van der Waals surface area contributed by atoms with Crippen LogP contribution in [0, 0.1) is 0 Å². The third-order valence-electron chi connectivity index (χ3n) is 3.94. The van der Waals surface area contributed by atoms with Crippen molar-refractivity contribution in [3.05, 3.63) is 71.3 Å². The minimum absolute atomic E-state index is 0.128.